The zero-order chi connectivity index (χ0) is 17.3. The number of aromatic nitrogens is 1. The van der Waals surface area contributed by atoms with Gasteiger partial charge in [0, 0.05) is 11.6 Å². The van der Waals surface area contributed by atoms with Gasteiger partial charge in [-0.1, -0.05) is 0 Å². The third-order valence-corrected chi connectivity index (χ3v) is 3.31. The Balaban J connectivity index is 2.09. The van der Waals surface area contributed by atoms with Gasteiger partial charge in [0.15, 0.2) is 17.4 Å². The molecule has 24 heavy (non-hydrogen) atoms. The third-order valence-electron chi connectivity index (χ3n) is 3.31. The highest BCUT2D eigenvalue weighted by molar-refractivity contribution is 5.86. The van der Waals surface area contributed by atoms with E-state index < -0.39 is 28.0 Å². The molecular formula is C16H10F2N2O4. The average molecular weight is 332 g/mol. The summed E-state index contributed by atoms with van der Waals surface area (Å²) in [7, 11) is 1.48. The Morgan fingerprint density at radius 1 is 1.12 bits per heavy atom. The SMILES string of the molecule is COc1ccc2nccc(Oc3c(F)cc([N+](=O)[O-])cc3F)c2c1. The number of methoxy groups -OCH3 is 1. The Morgan fingerprint density at radius 3 is 2.46 bits per heavy atom. The molecule has 0 N–H and O–H groups in total. The number of fused-ring (bicyclic) bond motifs is 1. The predicted molar refractivity (Wildman–Crippen MR) is 81.4 cm³/mol. The maximum absolute atomic E-state index is 14.0. The highest BCUT2D eigenvalue weighted by Gasteiger charge is 2.19. The minimum Gasteiger partial charge on any atom is -0.497 e. The molecule has 1 heterocycles. The van der Waals surface area contributed by atoms with Gasteiger partial charge in [0.05, 0.1) is 29.7 Å². The Kier molecular flexibility index (Phi) is 3.95. The molecule has 6 nitrogen and oxygen atoms in total. The average Bonchev–Trinajstić information content (AvgIpc) is 2.57. The molecule has 1 aromatic heterocycles. The van der Waals surface area contributed by atoms with Crippen LogP contribution in [0.15, 0.2) is 42.6 Å². The molecule has 8 heteroatoms. The number of nitro benzene ring substituents is 1. The number of hydrogen-bond acceptors (Lipinski definition) is 5. The molecule has 122 valence electrons. The fourth-order valence-corrected chi connectivity index (χ4v) is 2.18. The van der Waals surface area contributed by atoms with E-state index in [0.717, 1.165) is 0 Å². The molecule has 0 aliphatic rings. The van der Waals surface area contributed by atoms with Crippen molar-refractivity contribution >= 4 is 16.6 Å². The number of halogens is 2. The van der Waals surface area contributed by atoms with Gasteiger partial charge >= 0.3 is 0 Å². The van der Waals surface area contributed by atoms with Crippen molar-refractivity contribution in [3.05, 3.63) is 64.3 Å². The van der Waals surface area contributed by atoms with Gasteiger partial charge in [0.1, 0.15) is 11.5 Å². The molecule has 0 radical (unpaired) electrons. The van der Waals surface area contributed by atoms with Gasteiger partial charge in [-0.25, -0.2) is 8.78 Å². The van der Waals surface area contributed by atoms with Gasteiger partial charge in [-0.2, -0.15) is 0 Å². The molecular weight excluding hydrogens is 322 g/mol. The van der Waals surface area contributed by atoms with Gasteiger partial charge in [-0.05, 0) is 24.3 Å². The lowest BCUT2D eigenvalue weighted by molar-refractivity contribution is -0.385. The zero-order valence-electron chi connectivity index (χ0n) is 12.3. The highest BCUT2D eigenvalue weighted by Crippen LogP contribution is 2.35. The predicted octanol–water partition coefficient (Wildman–Crippen LogP) is 4.22. The van der Waals surface area contributed by atoms with Crippen LogP contribution in [0.2, 0.25) is 0 Å². The topological polar surface area (TPSA) is 74.5 Å². The van der Waals surface area contributed by atoms with Gasteiger partial charge in [-0.3, -0.25) is 15.1 Å². The van der Waals surface area contributed by atoms with Gasteiger partial charge in [0.25, 0.3) is 5.69 Å². The minimum atomic E-state index is -1.17. The van der Waals surface area contributed by atoms with Crippen LogP contribution in [0, 0.1) is 21.7 Å². The number of hydrogen-bond donors (Lipinski definition) is 0. The number of pyridine rings is 1. The van der Waals surface area contributed by atoms with E-state index in [1.54, 1.807) is 18.2 Å². The van der Waals surface area contributed by atoms with Crippen LogP contribution >= 0.6 is 0 Å². The fourth-order valence-electron chi connectivity index (χ4n) is 2.18. The lowest BCUT2D eigenvalue weighted by Gasteiger charge is -2.11. The van der Waals surface area contributed by atoms with E-state index in [-0.39, 0.29) is 5.75 Å². The van der Waals surface area contributed by atoms with E-state index in [4.69, 9.17) is 9.47 Å². The molecule has 0 fully saturated rings. The molecule has 0 saturated heterocycles. The monoisotopic (exact) mass is 332 g/mol. The zero-order valence-corrected chi connectivity index (χ0v) is 12.3. The van der Waals surface area contributed by atoms with Crippen molar-refractivity contribution in [2.45, 2.75) is 0 Å². The molecule has 3 aromatic rings. The van der Waals surface area contributed by atoms with Crippen molar-refractivity contribution < 1.29 is 23.2 Å². The number of non-ortho nitro benzene ring substituents is 1. The summed E-state index contributed by atoms with van der Waals surface area (Å²) in [6, 6.07) is 7.60. The summed E-state index contributed by atoms with van der Waals surface area (Å²) in [5.41, 5.74) is -0.158. The molecule has 0 aliphatic carbocycles. The van der Waals surface area contributed by atoms with Crippen molar-refractivity contribution in [1.82, 2.24) is 4.98 Å². The van der Waals surface area contributed by atoms with Crippen LogP contribution in [-0.4, -0.2) is 17.0 Å². The smallest absolute Gasteiger partial charge is 0.275 e. The lowest BCUT2D eigenvalue weighted by atomic mass is 10.2. The van der Waals surface area contributed by atoms with Crippen LogP contribution in [-0.2, 0) is 0 Å². The molecule has 3 rings (SSSR count). The van der Waals surface area contributed by atoms with E-state index in [1.807, 2.05) is 0 Å². The first kappa shape index (κ1) is 15.6. The summed E-state index contributed by atoms with van der Waals surface area (Å²) >= 11 is 0. The normalized spacial score (nSPS) is 10.6. The number of nitrogens with zero attached hydrogens (tertiary/aromatic N) is 2. The highest BCUT2D eigenvalue weighted by atomic mass is 19.1. The molecule has 2 aromatic carbocycles. The summed E-state index contributed by atoms with van der Waals surface area (Å²) < 4.78 is 38.4. The van der Waals surface area contributed by atoms with Gasteiger partial charge in [0.2, 0.25) is 0 Å². The standard InChI is InChI=1S/C16H10F2N2O4/c1-23-10-2-3-14-11(8-10)15(4-5-19-14)24-16-12(17)6-9(20(21)22)7-13(16)18/h2-8H,1H3. The number of rotatable bonds is 4. The molecule has 0 spiro atoms. The summed E-state index contributed by atoms with van der Waals surface area (Å²) in [6.45, 7) is 0. The quantitative estimate of drug-likeness (QED) is 0.528. The summed E-state index contributed by atoms with van der Waals surface area (Å²) in [4.78, 5) is 13.9. The van der Waals surface area contributed by atoms with Crippen LogP contribution in [0.5, 0.6) is 17.2 Å². The minimum absolute atomic E-state index is 0.144. The van der Waals surface area contributed by atoms with Crippen LogP contribution < -0.4 is 9.47 Å². The second kappa shape index (κ2) is 6.07. The van der Waals surface area contributed by atoms with Crippen molar-refractivity contribution in [2.24, 2.45) is 0 Å². The van der Waals surface area contributed by atoms with E-state index in [1.165, 1.54) is 19.4 Å². The summed E-state index contributed by atoms with van der Waals surface area (Å²) in [5, 5.41) is 11.1. The molecule has 0 atom stereocenters. The van der Waals surface area contributed by atoms with Gasteiger partial charge in [-0.15, -0.1) is 0 Å². The molecule has 0 amide bonds. The Labute approximate surface area is 134 Å². The largest absolute Gasteiger partial charge is 0.497 e. The van der Waals surface area contributed by atoms with Crippen molar-refractivity contribution in [2.75, 3.05) is 7.11 Å². The van der Waals surface area contributed by atoms with E-state index in [9.17, 15) is 18.9 Å². The first-order valence-electron chi connectivity index (χ1n) is 6.73. The molecule has 0 bridgehead atoms. The van der Waals surface area contributed by atoms with Crippen molar-refractivity contribution in [1.29, 1.82) is 0 Å². The second-order valence-electron chi connectivity index (χ2n) is 4.79. The van der Waals surface area contributed by atoms with Crippen LogP contribution in [0.25, 0.3) is 10.9 Å². The first-order chi connectivity index (χ1) is 11.5. The Hall–Kier alpha value is -3.29. The van der Waals surface area contributed by atoms with E-state index in [2.05, 4.69) is 4.98 Å². The number of nitro groups is 1. The maximum Gasteiger partial charge on any atom is 0.275 e. The first-order valence-corrected chi connectivity index (χ1v) is 6.73. The fraction of sp³-hybridized carbons (Fsp3) is 0.0625. The summed E-state index contributed by atoms with van der Waals surface area (Å²) in [6.07, 6.45) is 1.42. The summed E-state index contributed by atoms with van der Waals surface area (Å²) in [5.74, 6) is -2.41. The van der Waals surface area contributed by atoms with Crippen molar-refractivity contribution in [3.8, 4) is 17.2 Å². The molecule has 0 aliphatic heterocycles. The Bertz CT molecular complexity index is 924. The molecule has 0 saturated carbocycles. The Morgan fingerprint density at radius 2 is 1.83 bits per heavy atom. The van der Waals surface area contributed by atoms with E-state index in [0.29, 0.717) is 28.8 Å². The van der Waals surface area contributed by atoms with Crippen LogP contribution in [0.3, 0.4) is 0 Å². The number of benzene rings is 2. The van der Waals surface area contributed by atoms with Gasteiger partial charge < -0.3 is 9.47 Å². The van der Waals surface area contributed by atoms with E-state index >= 15 is 0 Å². The lowest BCUT2D eigenvalue weighted by Crippen LogP contribution is -1.97. The van der Waals surface area contributed by atoms with Crippen LogP contribution in [0.1, 0.15) is 0 Å². The second-order valence-corrected chi connectivity index (χ2v) is 4.79. The van der Waals surface area contributed by atoms with Crippen molar-refractivity contribution in [3.63, 3.8) is 0 Å². The molecule has 0 unspecified atom stereocenters. The number of ether oxygens (including phenoxy) is 2. The third kappa shape index (κ3) is 2.81. The maximum atomic E-state index is 14.0. The van der Waals surface area contributed by atoms with Crippen LogP contribution in [0.4, 0.5) is 14.5 Å².